The monoisotopic (exact) mass is 249 g/mol. The van der Waals surface area contributed by atoms with Gasteiger partial charge in [0.15, 0.2) is 0 Å². The number of ether oxygens (including phenoxy) is 2. The highest BCUT2D eigenvalue weighted by molar-refractivity contribution is 5.76. The standard InChI is InChI=1S/C14H19NO3/c1-17-12-5-3-4-10(7-12)6-11-8-13(15-9-11)14(16)18-2/h3-5,7,11,13,15H,6,8-9H2,1-2H3/t11?,13-/m0/s1. The molecule has 4 heteroatoms. The van der Waals surface area contributed by atoms with Crippen LogP contribution in [0.3, 0.4) is 0 Å². The van der Waals surface area contributed by atoms with Crippen molar-refractivity contribution in [1.29, 1.82) is 0 Å². The van der Waals surface area contributed by atoms with Gasteiger partial charge in [0, 0.05) is 0 Å². The van der Waals surface area contributed by atoms with Gasteiger partial charge in [-0.3, -0.25) is 4.79 Å². The molecule has 0 amide bonds. The summed E-state index contributed by atoms with van der Waals surface area (Å²) in [7, 11) is 3.10. The molecular weight excluding hydrogens is 230 g/mol. The van der Waals surface area contributed by atoms with Crippen molar-refractivity contribution in [3.63, 3.8) is 0 Å². The van der Waals surface area contributed by atoms with E-state index >= 15 is 0 Å². The maximum Gasteiger partial charge on any atom is 0.322 e. The lowest BCUT2D eigenvalue weighted by atomic mass is 9.96. The van der Waals surface area contributed by atoms with Gasteiger partial charge in [-0.05, 0) is 43.0 Å². The fourth-order valence-corrected chi connectivity index (χ4v) is 2.42. The first-order valence-corrected chi connectivity index (χ1v) is 6.17. The van der Waals surface area contributed by atoms with Crippen molar-refractivity contribution in [2.75, 3.05) is 20.8 Å². The van der Waals surface area contributed by atoms with E-state index in [1.807, 2.05) is 18.2 Å². The van der Waals surface area contributed by atoms with Crippen molar-refractivity contribution < 1.29 is 14.3 Å². The molecule has 0 spiro atoms. The molecule has 1 aliphatic rings. The average Bonchev–Trinajstić information content (AvgIpc) is 2.86. The number of carbonyl (C=O) groups excluding carboxylic acids is 1. The van der Waals surface area contributed by atoms with Gasteiger partial charge in [-0.25, -0.2) is 0 Å². The van der Waals surface area contributed by atoms with Gasteiger partial charge >= 0.3 is 5.97 Å². The number of hydrogen-bond acceptors (Lipinski definition) is 4. The zero-order valence-electron chi connectivity index (χ0n) is 10.8. The Bertz CT molecular complexity index is 419. The van der Waals surface area contributed by atoms with Crippen molar-refractivity contribution in [2.24, 2.45) is 5.92 Å². The van der Waals surface area contributed by atoms with Gasteiger partial charge in [0.05, 0.1) is 14.2 Å². The molecule has 0 radical (unpaired) electrons. The summed E-state index contributed by atoms with van der Waals surface area (Å²) in [5.41, 5.74) is 1.24. The van der Waals surface area contributed by atoms with E-state index in [1.165, 1.54) is 12.7 Å². The summed E-state index contributed by atoms with van der Waals surface area (Å²) in [5, 5.41) is 3.20. The summed E-state index contributed by atoms with van der Waals surface area (Å²) in [4.78, 5) is 11.4. The van der Waals surface area contributed by atoms with Gasteiger partial charge in [0.2, 0.25) is 0 Å². The van der Waals surface area contributed by atoms with Crippen LogP contribution in [0.1, 0.15) is 12.0 Å². The predicted octanol–water partition coefficient (Wildman–Crippen LogP) is 1.39. The van der Waals surface area contributed by atoms with Crippen LogP contribution < -0.4 is 10.1 Å². The normalized spacial score (nSPS) is 22.8. The molecule has 1 aliphatic heterocycles. The van der Waals surface area contributed by atoms with E-state index in [0.717, 1.165) is 25.1 Å². The highest BCUT2D eigenvalue weighted by atomic mass is 16.5. The average molecular weight is 249 g/mol. The van der Waals surface area contributed by atoms with Crippen molar-refractivity contribution in [3.05, 3.63) is 29.8 Å². The minimum atomic E-state index is -0.164. The maximum absolute atomic E-state index is 11.4. The lowest BCUT2D eigenvalue weighted by molar-refractivity contribution is -0.142. The first kappa shape index (κ1) is 12.9. The molecule has 1 fully saturated rings. The summed E-state index contributed by atoms with van der Waals surface area (Å²) in [6.07, 6.45) is 1.79. The zero-order chi connectivity index (χ0) is 13.0. The van der Waals surface area contributed by atoms with E-state index in [-0.39, 0.29) is 12.0 Å². The van der Waals surface area contributed by atoms with Gasteiger partial charge in [-0.1, -0.05) is 12.1 Å². The van der Waals surface area contributed by atoms with E-state index in [2.05, 4.69) is 11.4 Å². The van der Waals surface area contributed by atoms with Crippen LogP contribution in [-0.4, -0.2) is 32.8 Å². The molecule has 18 heavy (non-hydrogen) atoms. The summed E-state index contributed by atoms with van der Waals surface area (Å²) >= 11 is 0. The van der Waals surface area contributed by atoms with Crippen molar-refractivity contribution in [3.8, 4) is 5.75 Å². The molecule has 1 aromatic rings. The number of methoxy groups -OCH3 is 2. The topological polar surface area (TPSA) is 47.6 Å². The van der Waals surface area contributed by atoms with E-state index in [4.69, 9.17) is 9.47 Å². The molecule has 0 aliphatic carbocycles. The van der Waals surface area contributed by atoms with Crippen LogP contribution in [0.4, 0.5) is 0 Å². The molecule has 1 N–H and O–H groups in total. The lowest BCUT2D eigenvalue weighted by Crippen LogP contribution is -2.31. The third-order valence-corrected chi connectivity index (χ3v) is 3.37. The molecular formula is C14H19NO3. The van der Waals surface area contributed by atoms with E-state index < -0.39 is 0 Å². The Hall–Kier alpha value is -1.55. The SMILES string of the molecule is COC(=O)[C@@H]1CC(Cc2cccc(OC)c2)CN1. The minimum absolute atomic E-state index is 0.148. The number of carbonyl (C=O) groups is 1. The number of hydrogen-bond donors (Lipinski definition) is 1. The molecule has 0 bridgehead atoms. The van der Waals surface area contributed by atoms with Gasteiger partial charge in [-0.2, -0.15) is 0 Å². The predicted molar refractivity (Wildman–Crippen MR) is 68.6 cm³/mol. The first-order chi connectivity index (χ1) is 8.72. The van der Waals surface area contributed by atoms with Crippen LogP contribution in [0, 0.1) is 5.92 Å². The Kier molecular flexibility index (Phi) is 4.20. The van der Waals surface area contributed by atoms with Gasteiger partial charge in [0.1, 0.15) is 11.8 Å². The molecule has 1 saturated heterocycles. The molecule has 2 atom stereocenters. The quantitative estimate of drug-likeness (QED) is 0.819. The van der Waals surface area contributed by atoms with E-state index in [9.17, 15) is 4.79 Å². The lowest BCUT2D eigenvalue weighted by Gasteiger charge is -2.10. The van der Waals surface area contributed by atoms with Crippen LogP contribution in [0.25, 0.3) is 0 Å². The van der Waals surface area contributed by atoms with Gasteiger partial charge in [0.25, 0.3) is 0 Å². The smallest absolute Gasteiger partial charge is 0.322 e. The minimum Gasteiger partial charge on any atom is -0.497 e. The molecule has 4 nitrogen and oxygen atoms in total. The van der Waals surface area contributed by atoms with E-state index in [0.29, 0.717) is 5.92 Å². The zero-order valence-corrected chi connectivity index (χ0v) is 10.8. The summed E-state index contributed by atoms with van der Waals surface area (Å²) in [6, 6.07) is 7.92. The number of rotatable bonds is 4. The summed E-state index contributed by atoms with van der Waals surface area (Å²) in [5.74, 6) is 1.19. The van der Waals surface area contributed by atoms with Crippen LogP contribution in [0.15, 0.2) is 24.3 Å². The fourth-order valence-electron chi connectivity index (χ4n) is 2.42. The van der Waals surface area contributed by atoms with Gasteiger partial charge in [-0.15, -0.1) is 0 Å². The molecule has 1 aromatic carbocycles. The van der Waals surface area contributed by atoms with Gasteiger partial charge < -0.3 is 14.8 Å². The molecule has 2 rings (SSSR count). The third-order valence-electron chi connectivity index (χ3n) is 3.37. The molecule has 1 unspecified atom stereocenters. The third kappa shape index (κ3) is 3.01. The second-order valence-corrected chi connectivity index (χ2v) is 4.64. The van der Waals surface area contributed by atoms with Crippen LogP contribution in [0.5, 0.6) is 5.75 Å². The molecule has 1 heterocycles. The maximum atomic E-state index is 11.4. The molecule has 0 aromatic heterocycles. The van der Waals surface area contributed by atoms with Crippen LogP contribution in [-0.2, 0) is 16.0 Å². The molecule has 98 valence electrons. The Balaban J connectivity index is 1.92. The largest absolute Gasteiger partial charge is 0.497 e. The van der Waals surface area contributed by atoms with Crippen molar-refractivity contribution in [1.82, 2.24) is 5.32 Å². The van der Waals surface area contributed by atoms with Crippen molar-refractivity contribution in [2.45, 2.75) is 18.9 Å². The highest BCUT2D eigenvalue weighted by Gasteiger charge is 2.29. The Morgan fingerprint density at radius 1 is 1.44 bits per heavy atom. The van der Waals surface area contributed by atoms with Crippen LogP contribution >= 0.6 is 0 Å². The molecule has 0 saturated carbocycles. The Morgan fingerprint density at radius 2 is 2.28 bits per heavy atom. The summed E-state index contributed by atoms with van der Waals surface area (Å²) < 4.78 is 9.95. The second kappa shape index (κ2) is 5.87. The van der Waals surface area contributed by atoms with Crippen molar-refractivity contribution >= 4 is 5.97 Å². The number of nitrogens with one attached hydrogen (secondary N) is 1. The second-order valence-electron chi connectivity index (χ2n) is 4.64. The number of benzene rings is 1. The first-order valence-electron chi connectivity index (χ1n) is 6.17. The summed E-state index contributed by atoms with van der Waals surface area (Å²) in [6.45, 7) is 0.858. The number of esters is 1. The van der Waals surface area contributed by atoms with E-state index in [1.54, 1.807) is 7.11 Å². The Labute approximate surface area is 107 Å². The fraction of sp³-hybridized carbons (Fsp3) is 0.500. The Morgan fingerprint density at radius 3 is 3.00 bits per heavy atom. The van der Waals surface area contributed by atoms with Crippen LogP contribution in [0.2, 0.25) is 0 Å². The highest BCUT2D eigenvalue weighted by Crippen LogP contribution is 2.22.